The van der Waals surface area contributed by atoms with Gasteiger partial charge in [-0.1, -0.05) is 6.42 Å². The summed E-state index contributed by atoms with van der Waals surface area (Å²) in [6, 6.07) is 0. The van der Waals surface area contributed by atoms with Gasteiger partial charge in [-0.15, -0.1) is 0 Å². The van der Waals surface area contributed by atoms with Crippen molar-refractivity contribution in [2.45, 2.75) is 25.8 Å². The third kappa shape index (κ3) is 2.82. The molecule has 0 unspecified atom stereocenters. The maximum atomic E-state index is 11.0. The number of piperidine rings is 1. The number of anilines is 1. The molecule has 1 aliphatic rings. The lowest BCUT2D eigenvalue weighted by Crippen LogP contribution is -2.32. The van der Waals surface area contributed by atoms with Gasteiger partial charge >= 0.3 is 0 Å². The van der Waals surface area contributed by atoms with Crippen molar-refractivity contribution in [3.05, 3.63) is 22.9 Å². The number of hydrogen-bond acceptors (Lipinski definition) is 4. The van der Waals surface area contributed by atoms with Crippen LogP contribution in [0.15, 0.2) is 17.3 Å². The first-order valence-electron chi connectivity index (χ1n) is 5.79. The monoisotopic (exact) mass is 222 g/mol. The van der Waals surface area contributed by atoms with Crippen LogP contribution in [0.4, 0.5) is 5.69 Å². The quantitative estimate of drug-likeness (QED) is 0.799. The van der Waals surface area contributed by atoms with E-state index >= 15 is 0 Å². The van der Waals surface area contributed by atoms with E-state index in [1.54, 1.807) is 12.5 Å². The molecule has 2 rings (SSSR count). The zero-order valence-corrected chi connectivity index (χ0v) is 9.43. The first kappa shape index (κ1) is 11.1. The third-order valence-electron chi connectivity index (χ3n) is 3.00. The number of nitrogen functional groups attached to an aromatic ring is 1. The van der Waals surface area contributed by atoms with E-state index in [4.69, 9.17) is 5.73 Å². The van der Waals surface area contributed by atoms with Crippen LogP contribution < -0.4 is 11.3 Å². The van der Waals surface area contributed by atoms with Gasteiger partial charge in [0.05, 0.1) is 6.33 Å². The predicted molar refractivity (Wildman–Crippen MR) is 63.2 cm³/mol. The van der Waals surface area contributed by atoms with Crippen LogP contribution >= 0.6 is 0 Å². The number of likely N-dealkylation sites (tertiary alicyclic amines) is 1. The van der Waals surface area contributed by atoms with Crippen molar-refractivity contribution in [3.63, 3.8) is 0 Å². The number of rotatable bonds is 3. The van der Waals surface area contributed by atoms with Crippen molar-refractivity contribution in [1.29, 1.82) is 0 Å². The molecule has 16 heavy (non-hydrogen) atoms. The molecule has 0 radical (unpaired) electrons. The van der Waals surface area contributed by atoms with Gasteiger partial charge in [-0.05, 0) is 25.9 Å². The first-order valence-corrected chi connectivity index (χ1v) is 5.79. The Morgan fingerprint density at radius 3 is 2.69 bits per heavy atom. The molecular weight excluding hydrogens is 204 g/mol. The Bertz CT molecular complexity index is 395. The summed E-state index contributed by atoms with van der Waals surface area (Å²) in [6.07, 6.45) is 7.17. The van der Waals surface area contributed by atoms with Gasteiger partial charge in [-0.25, -0.2) is 0 Å². The molecule has 5 heteroatoms. The molecule has 0 aliphatic carbocycles. The molecule has 5 nitrogen and oxygen atoms in total. The van der Waals surface area contributed by atoms with Crippen molar-refractivity contribution in [3.8, 4) is 0 Å². The minimum Gasteiger partial charge on any atom is -0.393 e. The van der Waals surface area contributed by atoms with E-state index < -0.39 is 0 Å². The lowest BCUT2D eigenvalue weighted by atomic mass is 10.1. The number of nitrogens with zero attached hydrogens (tertiary/aromatic N) is 3. The zero-order chi connectivity index (χ0) is 11.4. The summed E-state index contributed by atoms with van der Waals surface area (Å²) >= 11 is 0. The molecule has 2 heterocycles. The van der Waals surface area contributed by atoms with Crippen LogP contribution in [-0.2, 0) is 6.54 Å². The van der Waals surface area contributed by atoms with E-state index in [2.05, 4.69) is 9.88 Å². The molecule has 2 N–H and O–H groups in total. The fourth-order valence-corrected chi connectivity index (χ4v) is 2.03. The van der Waals surface area contributed by atoms with Gasteiger partial charge < -0.3 is 15.2 Å². The van der Waals surface area contributed by atoms with Crippen LogP contribution in [0.3, 0.4) is 0 Å². The number of nitrogens with two attached hydrogens (primary N) is 1. The Morgan fingerprint density at radius 1 is 1.25 bits per heavy atom. The smallest absolute Gasteiger partial charge is 0.295 e. The Hall–Kier alpha value is -1.36. The van der Waals surface area contributed by atoms with Crippen LogP contribution in [0.2, 0.25) is 0 Å². The molecule has 1 fully saturated rings. The summed E-state index contributed by atoms with van der Waals surface area (Å²) in [5.41, 5.74) is 5.40. The van der Waals surface area contributed by atoms with Gasteiger partial charge in [0.25, 0.3) is 5.56 Å². The highest BCUT2D eigenvalue weighted by molar-refractivity contribution is 5.30. The highest BCUT2D eigenvalue weighted by atomic mass is 16.1. The van der Waals surface area contributed by atoms with E-state index in [9.17, 15) is 4.79 Å². The Morgan fingerprint density at radius 2 is 2.00 bits per heavy atom. The second kappa shape index (κ2) is 5.12. The number of hydrogen-bond donors (Lipinski definition) is 1. The van der Waals surface area contributed by atoms with E-state index in [0.29, 0.717) is 0 Å². The molecule has 1 aromatic rings. The minimum atomic E-state index is -0.339. The molecule has 0 bridgehead atoms. The second-order valence-corrected chi connectivity index (χ2v) is 4.27. The summed E-state index contributed by atoms with van der Waals surface area (Å²) < 4.78 is 1.88. The van der Waals surface area contributed by atoms with Crippen LogP contribution in [0.1, 0.15) is 19.3 Å². The highest BCUT2D eigenvalue weighted by Crippen LogP contribution is 2.08. The third-order valence-corrected chi connectivity index (χ3v) is 3.00. The van der Waals surface area contributed by atoms with Gasteiger partial charge in [0.15, 0.2) is 0 Å². The van der Waals surface area contributed by atoms with E-state index in [1.165, 1.54) is 32.4 Å². The molecule has 0 aromatic carbocycles. The van der Waals surface area contributed by atoms with Gasteiger partial charge in [0.2, 0.25) is 0 Å². The van der Waals surface area contributed by atoms with Crippen molar-refractivity contribution < 1.29 is 0 Å². The van der Waals surface area contributed by atoms with E-state index in [-0.39, 0.29) is 11.2 Å². The summed E-state index contributed by atoms with van der Waals surface area (Å²) in [6.45, 7) is 4.22. The Labute approximate surface area is 94.9 Å². The molecule has 0 amide bonds. The maximum absolute atomic E-state index is 11.0. The minimum absolute atomic E-state index is 0.223. The summed E-state index contributed by atoms with van der Waals surface area (Å²) in [5.74, 6) is 0. The van der Waals surface area contributed by atoms with E-state index in [0.717, 1.165) is 13.1 Å². The molecule has 0 atom stereocenters. The van der Waals surface area contributed by atoms with Crippen LogP contribution in [0.5, 0.6) is 0 Å². The average Bonchev–Trinajstić information content (AvgIpc) is 2.32. The lowest BCUT2D eigenvalue weighted by Gasteiger charge is -2.26. The van der Waals surface area contributed by atoms with Crippen LogP contribution in [0.25, 0.3) is 0 Å². The molecule has 0 spiro atoms. The van der Waals surface area contributed by atoms with Gasteiger partial charge in [-0.2, -0.15) is 4.98 Å². The molecular formula is C11H18N4O. The van der Waals surface area contributed by atoms with E-state index in [1.807, 2.05) is 4.57 Å². The van der Waals surface area contributed by atoms with Crippen molar-refractivity contribution in [2.24, 2.45) is 0 Å². The van der Waals surface area contributed by atoms with Gasteiger partial charge in [-0.3, -0.25) is 4.79 Å². The second-order valence-electron chi connectivity index (χ2n) is 4.27. The first-order chi connectivity index (χ1) is 7.75. The highest BCUT2D eigenvalue weighted by Gasteiger charge is 2.09. The van der Waals surface area contributed by atoms with Gasteiger partial charge in [0.1, 0.15) is 5.69 Å². The van der Waals surface area contributed by atoms with Crippen molar-refractivity contribution >= 4 is 5.69 Å². The Balaban J connectivity index is 1.88. The zero-order valence-electron chi connectivity index (χ0n) is 9.43. The van der Waals surface area contributed by atoms with Crippen LogP contribution in [-0.4, -0.2) is 34.1 Å². The van der Waals surface area contributed by atoms with Crippen molar-refractivity contribution in [2.75, 3.05) is 25.4 Å². The Kier molecular flexibility index (Phi) is 3.56. The largest absolute Gasteiger partial charge is 0.393 e. The standard InChI is InChI=1S/C11H18N4O/c12-10-8-15(9-13-11(10)16)7-6-14-4-2-1-3-5-14/h8-9H,1-7,12H2. The van der Waals surface area contributed by atoms with Crippen LogP contribution in [0, 0.1) is 0 Å². The number of aromatic nitrogens is 2. The molecule has 88 valence electrons. The molecule has 1 aliphatic heterocycles. The topological polar surface area (TPSA) is 64.2 Å². The molecule has 0 saturated carbocycles. The SMILES string of the molecule is Nc1cn(CCN2CCCCC2)cnc1=O. The molecule has 1 aromatic heterocycles. The molecule has 1 saturated heterocycles. The van der Waals surface area contributed by atoms with Gasteiger partial charge in [0, 0.05) is 19.3 Å². The normalized spacial score (nSPS) is 17.5. The fourth-order valence-electron chi connectivity index (χ4n) is 2.03. The summed E-state index contributed by atoms with van der Waals surface area (Å²) in [4.78, 5) is 17.2. The average molecular weight is 222 g/mol. The lowest BCUT2D eigenvalue weighted by molar-refractivity contribution is 0.220. The maximum Gasteiger partial charge on any atom is 0.295 e. The summed E-state index contributed by atoms with van der Waals surface area (Å²) in [5, 5.41) is 0. The fraction of sp³-hybridized carbons (Fsp3) is 0.636. The van der Waals surface area contributed by atoms with Crippen molar-refractivity contribution in [1.82, 2.24) is 14.5 Å². The summed E-state index contributed by atoms with van der Waals surface area (Å²) in [7, 11) is 0. The predicted octanol–water partition coefficient (Wildman–Crippen LogP) is 0.311.